The number of benzene rings is 2. The second-order valence-corrected chi connectivity index (χ2v) is 6.08. The maximum atomic E-state index is 12.2. The third kappa shape index (κ3) is 3.45. The molecule has 0 N–H and O–H groups in total. The lowest BCUT2D eigenvalue weighted by atomic mass is 10.2. The molecular weight excluding hydrogens is 354 g/mol. The van der Waals surface area contributed by atoms with Crippen molar-refractivity contribution in [1.29, 1.82) is 0 Å². The fourth-order valence-corrected chi connectivity index (χ4v) is 2.74. The number of fused-ring (bicyclic) bond motifs is 1. The minimum Gasteiger partial charge on any atom is -0.452 e. The summed E-state index contributed by atoms with van der Waals surface area (Å²) in [6, 6.07) is 14.9. The number of nitrogens with zero attached hydrogens (tertiary/aromatic N) is 3. The Morgan fingerprint density at radius 1 is 1.15 bits per heavy atom. The lowest BCUT2D eigenvalue weighted by Gasteiger charge is -2.03. The number of esters is 1. The molecule has 0 aliphatic heterocycles. The number of carbonyl (C=O) groups is 1. The first kappa shape index (κ1) is 16.4. The Morgan fingerprint density at radius 2 is 1.96 bits per heavy atom. The van der Waals surface area contributed by atoms with Crippen molar-refractivity contribution >= 4 is 28.7 Å². The molecule has 0 radical (unpaired) electrons. The van der Waals surface area contributed by atoms with Crippen LogP contribution in [0.15, 0.2) is 65.3 Å². The minimum atomic E-state index is -0.488. The number of carbonyl (C=O) groups excluding carboxylic acids is 1. The number of aromatic nitrogens is 3. The molecule has 2 aromatic heterocycles. The third-order valence-electron chi connectivity index (χ3n) is 3.82. The van der Waals surface area contributed by atoms with Gasteiger partial charge in [0.05, 0.1) is 18.3 Å². The Labute approximate surface area is 154 Å². The second-order valence-electron chi connectivity index (χ2n) is 5.67. The molecule has 2 heterocycles. The van der Waals surface area contributed by atoms with Crippen LogP contribution < -0.4 is 0 Å². The monoisotopic (exact) mass is 367 g/mol. The molecule has 0 amide bonds. The van der Waals surface area contributed by atoms with Gasteiger partial charge >= 0.3 is 5.97 Å². The first-order valence-electron chi connectivity index (χ1n) is 7.96. The Kier molecular flexibility index (Phi) is 4.41. The van der Waals surface area contributed by atoms with E-state index in [0.29, 0.717) is 28.6 Å². The molecule has 4 aromatic rings. The van der Waals surface area contributed by atoms with Gasteiger partial charge in [-0.1, -0.05) is 41.9 Å². The molecule has 0 spiro atoms. The van der Waals surface area contributed by atoms with E-state index in [0.717, 1.165) is 11.1 Å². The zero-order valence-electron chi connectivity index (χ0n) is 13.6. The van der Waals surface area contributed by atoms with Crippen LogP contribution in [0.3, 0.4) is 0 Å². The number of para-hydroxylation sites is 2. The molecule has 0 bridgehead atoms. The van der Waals surface area contributed by atoms with Gasteiger partial charge in [0.25, 0.3) is 0 Å². The maximum absolute atomic E-state index is 12.2. The average molecular weight is 368 g/mol. The first-order chi connectivity index (χ1) is 12.7. The molecule has 0 saturated carbocycles. The van der Waals surface area contributed by atoms with Crippen molar-refractivity contribution in [1.82, 2.24) is 14.8 Å². The molecule has 7 heteroatoms. The van der Waals surface area contributed by atoms with Gasteiger partial charge in [-0.15, -0.1) is 0 Å². The van der Waals surface area contributed by atoms with Gasteiger partial charge in [0.2, 0.25) is 5.89 Å². The van der Waals surface area contributed by atoms with Gasteiger partial charge in [0.1, 0.15) is 5.52 Å². The lowest BCUT2D eigenvalue weighted by molar-refractivity contribution is 0.0440. The van der Waals surface area contributed by atoms with Crippen LogP contribution in [0.1, 0.15) is 21.8 Å². The fraction of sp³-hybridized carbons (Fsp3) is 0.105. The van der Waals surface area contributed by atoms with Gasteiger partial charge < -0.3 is 9.15 Å². The molecule has 26 heavy (non-hydrogen) atoms. The minimum absolute atomic E-state index is 0.0385. The number of halogens is 1. The Hall–Kier alpha value is -3.12. The zero-order chi connectivity index (χ0) is 17.9. The summed E-state index contributed by atoms with van der Waals surface area (Å²) in [5.41, 5.74) is 2.66. The molecule has 0 aliphatic carbocycles. The summed E-state index contributed by atoms with van der Waals surface area (Å²) in [4.78, 5) is 16.5. The smallest absolute Gasteiger partial charge is 0.341 e. The average Bonchev–Trinajstić information content (AvgIpc) is 3.28. The predicted octanol–water partition coefficient (Wildman–Crippen LogP) is 4.08. The molecule has 130 valence electrons. The van der Waals surface area contributed by atoms with Crippen molar-refractivity contribution in [3.63, 3.8) is 0 Å². The summed E-state index contributed by atoms with van der Waals surface area (Å²) in [6.45, 7) is 0.432. The van der Waals surface area contributed by atoms with Crippen LogP contribution in [-0.2, 0) is 17.9 Å². The normalized spacial score (nSPS) is 11.0. The molecule has 2 aromatic carbocycles. The van der Waals surface area contributed by atoms with Crippen LogP contribution in [-0.4, -0.2) is 20.7 Å². The van der Waals surface area contributed by atoms with Gasteiger partial charge in [0, 0.05) is 11.2 Å². The standard InChI is InChI=1S/C19H14ClN3O3/c20-15-6-2-1-5-13(15)10-23-11-14(9-21-23)19(24)25-12-18-22-16-7-3-4-8-17(16)26-18/h1-9,11H,10,12H2. The number of ether oxygens (including phenoxy) is 1. The van der Waals surface area contributed by atoms with Crippen LogP contribution in [0.25, 0.3) is 11.1 Å². The number of hydrogen-bond acceptors (Lipinski definition) is 5. The quantitative estimate of drug-likeness (QED) is 0.497. The number of oxazole rings is 1. The van der Waals surface area contributed by atoms with E-state index < -0.39 is 5.97 Å². The number of hydrogen-bond donors (Lipinski definition) is 0. The van der Waals surface area contributed by atoms with Crippen LogP contribution in [0.5, 0.6) is 0 Å². The van der Waals surface area contributed by atoms with E-state index in [2.05, 4.69) is 10.1 Å². The van der Waals surface area contributed by atoms with Crippen LogP contribution in [0.4, 0.5) is 0 Å². The summed E-state index contributed by atoms with van der Waals surface area (Å²) in [6.07, 6.45) is 3.09. The Bertz CT molecular complexity index is 1040. The van der Waals surface area contributed by atoms with E-state index in [4.69, 9.17) is 20.8 Å². The first-order valence-corrected chi connectivity index (χ1v) is 8.34. The Morgan fingerprint density at radius 3 is 2.81 bits per heavy atom. The van der Waals surface area contributed by atoms with E-state index >= 15 is 0 Å². The molecule has 0 atom stereocenters. The van der Waals surface area contributed by atoms with Gasteiger partial charge in [-0.2, -0.15) is 5.10 Å². The van der Waals surface area contributed by atoms with E-state index in [1.54, 1.807) is 10.9 Å². The van der Waals surface area contributed by atoms with Gasteiger partial charge in [-0.3, -0.25) is 4.68 Å². The highest BCUT2D eigenvalue weighted by atomic mass is 35.5. The highest BCUT2D eigenvalue weighted by molar-refractivity contribution is 6.31. The van der Waals surface area contributed by atoms with Crippen molar-refractivity contribution in [3.8, 4) is 0 Å². The van der Waals surface area contributed by atoms with E-state index in [9.17, 15) is 4.79 Å². The molecule has 4 rings (SSSR count). The second kappa shape index (κ2) is 7.01. The van der Waals surface area contributed by atoms with Gasteiger partial charge in [-0.05, 0) is 23.8 Å². The SMILES string of the molecule is O=C(OCc1nc2ccccc2o1)c1cnn(Cc2ccccc2Cl)c1. The zero-order valence-corrected chi connectivity index (χ0v) is 14.4. The van der Waals surface area contributed by atoms with Gasteiger partial charge in [0.15, 0.2) is 12.2 Å². The van der Waals surface area contributed by atoms with Crippen molar-refractivity contribution in [2.75, 3.05) is 0 Å². The third-order valence-corrected chi connectivity index (χ3v) is 4.19. The van der Waals surface area contributed by atoms with Crippen molar-refractivity contribution in [3.05, 3.63) is 83.0 Å². The van der Waals surface area contributed by atoms with E-state index in [1.807, 2.05) is 48.5 Å². The van der Waals surface area contributed by atoms with Crippen molar-refractivity contribution in [2.45, 2.75) is 13.2 Å². The topological polar surface area (TPSA) is 70.2 Å². The van der Waals surface area contributed by atoms with Crippen molar-refractivity contribution in [2.24, 2.45) is 0 Å². The largest absolute Gasteiger partial charge is 0.452 e. The highest BCUT2D eigenvalue weighted by Gasteiger charge is 2.13. The molecule has 0 unspecified atom stereocenters. The van der Waals surface area contributed by atoms with Gasteiger partial charge in [-0.25, -0.2) is 9.78 Å². The predicted molar refractivity (Wildman–Crippen MR) is 95.9 cm³/mol. The van der Waals surface area contributed by atoms with Crippen LogP contribution in [0, 0.1) is 0 Å². The summed E-state index contributed by atoms with van der Waals surface area (Å²) < 4.78 is 12.4. The van der Waals surface area contributed by atoms with E-state index in [1.165, 1.54) is 6.20 Å². The summed E-state index contributed by atoms with van der Waals surface area (Å²) in [7, 11) is 0. The molecule has 0 aliphatic rings. The van der Waals surface area contributed by atoms with Crippen LogP contribution >= 0.6 is 11.6 Å². The van der Waals surface area contributed by atoms with E-state index in [-0.39, 0.29) is 6.61 Å². The van der Waals surface area contributed by atoms with Crippen molar-refractivity contribution < 1.29 is 13.9 Å². The maximum Gasteiger partial charge on any atom is 0.341 e. The lowest BCUT2D eigenvalue weighted by Crippen LogP contribution is -2.05. The summed E-state index contributed by atoms with van der Waals surface area (Å²) in [5, 5.41) is 4.84. The summed E-state index contributed by atoms with van der Waals surface area (Å²) >= 11 is 6.14. The molecule has 0 saturated heterocycles. The van der Waals surface area contributed by atoms with Crippen LogP contribution in [0.2, 0.25) is 5.02 Å². The number of rotatable bonds is 5. The highest BCUT2D eigenvalue weighted by Crippen LogP contribution is 2.17. The summed E-state index contributed by atoms with van der Waals surface area (Å²) in [5.74, 6) is -0.138. The molecule has 0 fully saturated rings. The Balaban J connectivity index is 1.40. The molecule has 6 nitrogen and oxygen atoms in total. The molecular formula is C19H14ClN3O3. The fourth-order valence-electron chi connectivity index (χ4n) is 2.55.